The number of rotatable bonds is 9. The van der Waals surface area contributed by atoms with Gasteiger partial charge < -0.3 is 9.47 Å². The van der Waals surface area contributed by atoms with Gasteiger partial charge in [-0.05, 0) is 36.6 Å². The van der Waals surface area contributed by atoms with E-state index >= 15 is 0 Å². The maximum atomic E-state index is 12.0. The van der Waals surface area contributed by atoms with Crippen molar-refractivity contribution < 1.29 is 14.3 Å². The molecule has 4 heteroatoms. The summed E-state index contributed by atoms with van der Waals surface area (Å²) >= 11 is 5.81. The molecule has 0 saturated heterocycles. The van der Waals surface area contributed by atoms with Gasteiger partial charge in [0.2, 0.25) is 12.1 Å². The summed E-state index contributed by atoms with van der Waals surface area (Å²) in [5.41, 5.74) is 0.910. The molecule has 1 rings (SSSR count). The second-order valence-electron chi connectivity index (χ2n) is 4.36. The van der Waals surface area contributed by atoms with E-state index < -0.39 is 6.29 Å². The van der Waals surface area contributed by atoms with Crippen molar-refractivity contribution in [1.82, 2.24) is 0 Å². The Labute approximate surface area is 125 Å². The van der Waals surface area contributed by atoms with Crippen LogP contribution in [0.4, 0.5) is 0 Å². The van der Waals surface area contributed by atoms with E-state index in [-0.39, 0.29) is 5.78 Å². The van der Waals surface area contributed by atoms with Crippen molar-refractivity contribution >= 4 is 23.5 Å². The summed E-state index contributed by atoms with van der Waals surface area (Å²) < 4.78 is 10.8. The first kappa shape index (κ1) is 16.9. The number of hydrogen-bond donors (Lipinski definition) is 0. The summed E-state index contributed by atoms with van der Waals surface area (Å²) in [6.45, 7) is 5.00. The van der Waals surface area contributed by atoms with E-state index in [0.717, 1.165) is 18.4 Å². The molecule has 0 atom stereocenters. The van der Waals surface area contributed by atoms with Crippen molar-refractivity contribution in [1.29, 1.82) is 0 Å². The highest BCUT2D eigenvalue weighted by Crippen LogP contribution is 2.11. The highest BCUT2D eigenvalue weighted by atomic mass is 35.5. The van der Waals surface area contributed by atoms with Crippen LogP contribution in [0.2, 0.25) is 5.02 Å². The molecule has 0 aliphatic carbocycles. The number of ketones is 1. The predicted octanol–water partition coefficient (Wildman–Crippen LogP) is 4.10. The van der Waals surface area contributed by atoms with Gasteiger partial charge in [-0.3, -0.25) is 4.79 Å². The minimum Gasteiger partial charge on any atom is -0.346 e. The third kappa shape index (κ3) is 6.33. The maximum Gasteiger partial charge on any atom is 0.221 e. The van der Waals surface area contributed by atoms with Crippen molar-refractivity contribution in [2.24, 2.45) is 0 Å². The second-order valence-corrected chi connectivity index (χ2v) is 4.80. The van der Waals surface area contributed by atoms with Crippen LogP contribution in [0.5, 0.6) is 0 Å². The average Bonchev–Trinajstić information content (AvgIpc) is 2.46. The van der Waals surface area contributed by atoms with Gasteiger partial charge in [0, 0.05) is 18.2 Å². The van der Waals surface area contributed by atoms with Crippen molar-refractivity contribution in [2.45, 2.75) is 33.0 Å². The molecule has 0 aromatic heterocycles. The topological polar surface area (TPSA) is 35.5 Å². The summed E-state index contributed by atoms with van der Waals surface area (Å²) in [6.07, 6.45) is 4.11. The van der Waals surface area contributed by atoms with E-state index in [1.807, 2.05) is 26.0 Å². The highest BCUT2D eigenvalue weighted by Gasteiger charge is 2.16. The van der Waals surface area contributed by atoms with Gasteiger partial charge in [-0.2, -0.15) is 0 Å². The molecule has 0 radical (unpaired) electrons. The first-order chi connectivity index (χ1) is 9.67. The average molecular weight is 297 g/mol. The van der Waals surface area contributed by atoms with Gasteiger partial charge in [0.05, 0.1) is 0 Å². The fourth-order valence-corrected chi connectivity index (χ4v) is 1.62. The monoisotopic (exact) mass is 296 g/mol. The predicted molar refractivity (Wildman–Crippen MR) is 81.8 cm³/mol. The smallest absolute Gasteiger partial charge is 0.221 e. The Hall–Kier alpha value is -1.16. The summed E-state index contributed by atoms with van der Waals surface area (Å²) in [5, 5.41) is 0.670. The van der Waals surface area contributed by atoms with Crippen LogP contribution in [0, 0.1) is 0 Å². The third-order valence-corrected chi connectivity index (χ3v) is 2.74. The van der Waals surface area contributed by atoms with E-state index in [9.17, 15) is 4.79 Å². The number of hydrogen-bond acceptors (Lipinski definition) is 3. The SMILES string of the molecule is CCCOC(OCCC)C(=O)/C=C/c1ccc(Cl)cc1. The first-order valence-electron chi connectivity index (χ1n) is 6.88. The minimum atomic E-state index is -0.807. The molecule has 20 heavy (non-hydrogen) atoms. The number of carbonyl (C=O) groups excluding carboxylic acids is 1. The standard InChI is InChI=1S/C16H21ClO3/c1-3-11-19-16(20-12-4-2)15(18)10-7-13-5-8-14(17)9-6-13/h5-10,16H,3-4,11-12H2,1-2H3/b10-7+. The Bertz CT molecular complexity index is 418. The number of halogens is 1. The van der Waals surface area contributed by atoms with Gasteiger partial charge in [0.15, 0.2) is 0 Å². The lowest BCUT2D eigenvalue weighted by Gasteiger charge is -2.15. The maximum absolute atomic E-state index is 12.0. The molecule has 3 nitrogen and oxygen atoms in total. The fraction of sp³-hybridized carbons (Fsp3) is 0.438. The molecular weight excluding hydrogens is 276 g/mol. The molecule has 1 aromatic carbocycles. The van der Waals surface area contributed by atoms with E-state index in [4.69, 9.17) is 21.1 Å². The number of ether oxygens (including phenoxy) is 2. The number of carbonyl (C=O) groups is 1. The Kier molecular flexibility index (Phi) is 8.19. The van der Waals surface area contributed by atoms with Crippen molar-refractivity contribution in [3.05, 3.63) is 40.9 Å². The molecule has 0 aliphatic heterocycles. The van der Waals surface area contributed by atoms with E-state index in [1.165, 1.54) is 6.08 Å². The highest BCUT2D eigenvalue weighted by molar-refractivity contribution is 6.30. The Morgan fingerprint density at radius 1 is 1.15 bits per heavy atom. The van der Waals surface area contributed by atoms with Crippen molar-refractivity contribution in [3.8, 4) is 0 Å². The van der Waals surface area contributed by atoms with Crippen LogP contribution in [0.15, 0.2) is 30.3 Å². The third-order valence-electron chi connectivity index (χ3n) is 2.49. The minimum absolute atomic E-state index is 0.179. The molecule has 0 aliphatic rings. The molecule has 0 unspecified atom stereocenters. The molecule has 110 valence electrons. The van der Waals surface area contributed by atoms with E-state index in [1.54, 1.807) is 18.2 Å². The van der Waals surface area contributed by atoms with Gasteiger partial charge in [-0.1, -0.05) is 43.7 Å². The second kappa shape index (κ2) is 9.70. The Balaban J connectivity index is 2.61. The van der Waals surface area contributed by atoms with Crippen LogP contribution < -0.4 is 0 Å². The molecule has 0 N–H and O–H groups in total. The molecule has 0 bridgehead atoms. The zero-order valence-corrected chi connectivity index (χ0v) is 12.7. The van der Waals surface area contributed by atoms with Crippen LogP contribution in [-0.4, -0.2) is 25.3 Å². The van der Waals surface area contributed by atoms with Gasteiger partial charge in [0.1, 0.15) is 0 Å². The summed E-state index contributed by atoms with van der Waals surface area (Å²) in [4.78, 5) is 12.0. The zero-order valence-electron chi connectivity index (χ0n) is 12.0. The molecule has 1 aromatic rings. The van der Waals surface area contributed by atoms with Crippen LogP contribution in [0.3, 0.4) is 0 Å². The Morgan fingerprint density at radius 2 is 1.70 bits per heavy atom. The summed E-state index contributed by atoms with van der Waals surface area (Å²) in [5.74, 6) is -0.179. The largest absolute Gasteiger partial charge is 0.346 e. The molecule has 0 amide bonds. The molecule has 0 fully saturated rings. The van der Waals surface area contributed by atoms with Crippen LogP contribution in [0.25, 0.3) is 6.08 Å². The fourth-order valence-electron chi connectivity index (χ4n) is 1.49. The lowest BCUT2D eigenvalue weighted by atomic mass is 10.2. The quantitative estimate of drug-likeness (QED) is 0.508. The van der Waals surface area contributed by atoms with Crippen LogP contribution in [-0.2, 0) is 14.3 Å². The molecule has 0 saturated carbocycles. The van der Waals surface area contributed by atoms with Gasteiger partial charge in [-0.25, -0.2) is 0 Å². The molecule has 0 heterocycles. The van der Waals surface area contributed by atoms with Gasteiger partial charge in [-0.15, -0.1) is 0 Å². The van der Waals surface area contributed by atoms with Crippen molar-refractivity contribution in [3.63, 3.8) is 0 Å². The van der Waals surface area contributed by atoms with Gasteiger partial charge in [0.25, 0.3) is 0 Å². The lowest BCUT2D eigenvalue weighted by molar-refractivity contribution is -0.165. The summed E-state index contributed by atoms with van der Waals surface area (Å²) in [6, 6.07) is 7.26. The normalized spacial score (nSPS) is 11.4. The van der Waals surface area contributed by atoms with E-state index in [2.05, 4.69) is 0 Å². The Morgan fingerprint density at radius 3 is 2.20 bits per heavy atom. The zero-order chi connectivity index (χ0) is 14.8. The van der Waals surface area contributed by atoms with Gasteiger partial charge >= 0.3 is 0 Å². The lowest BCUT2D eigenvalue weighted by Crippen LogP contribution is -2.26. The molecule has 0 spiro atoms. The molecular formula is C16H21ClO3. The summed E-state index contributed by atoms with van der Waals surface area (Å²) in [7, 11) is 0. The number of benzene rings is 1. The van der Waals surface area contributed by atoms with Crippen LogP contribution in [0.1, 0.15) is 32.3 Å². The first-order valence-corrected chi connectivity index (χ1v) is 7.25. The van der Waals surface area contributed by atoms with Crippen LogP contribution >= 0.6 is 11.6 Å². The van der Waals surface area contributed by atoms with E-state index in [0.29, 0.717) is 18.2 Å². The van der Waals surface area contributed by atoms with Crippen molar-refractivity contribution in [2.75, 3.05) is 13.2 Å².